The Balaban J connectivity index is 2.56. The fourth-order valence-corrected chi connectivity index (χ4v) is 1.80. The molecule has 0 unspecified atom stereocenters. The van der Waals surface area contributed by atoms with Crippen molar-refractivity contribution in [2.24, 2.45) is 0 Å². The molecule has 1 aromatic carbocycles. The van der Waals surface area contributed by atoms with Gasteiger partial charge in [-0.3, -0.25) is 0 Å². The number of halogens is 1. The number of aromatic nitrogens is 1. The number of hydrogen-bond donors (Lipinski definition) is 1. The summed E-state index contributed by atoms with van der Waals surface area (Å²) in [6.45, 7) is 1.92. The van der Waals surface area contributed by atoms with E-state index in [9.17, 15) is 0 Å². The Labute approximate surface area is 97.9 Å². The number of methoxy groups -OCH3 is 1. The number of nitrogen functional groups attached to an aromatic ring is 1. The van der Waals surface area contributed by atoms with Crippen LogP contribution in [0.25, 0.3) is 11.3 Å². The molecule has 84 valence electrons. The predicted molar refractivity (Wildman–Crippen MR) is 62.7 cm³/mol. The summed E-state index contributed by atoms with van der Waals surface area (Å²) in [5, 5.41) is 4.40. The molecule has 0 fully saturated rings. The van der Waals surface area contributed by atoms with Crippen molar-refractivity contribution in [1.82, 2.24) is 5.16 Å². The number of rotatable bonds is 2. The van der Waals surface area contributed by atoms with E-state index in [-0.39, 0.29) is 5.88 Å². The van der Waals surface area contributed by atoms with E-state index in [1.807, 2.05) is 19.1 Å². The van der Waals surface area contributed by atoms with E-state index in [0.717, 1.165) is 16.9 Å². The molecule has 0 saturated carbocycles. The van der Waals surface area contributed by atoms with Crippen LogP contribution in [0.3, 0.4) is 0 Å². The van der Waals surface area contributed by atoms with E-state index in [1.54, 1.807) is 13.2 Å². The largest absolute Gasteiger partial charge is 0.496 e. The van der Waals surface area contributed by atoms with E-state index in [0.29, 0.717) is 10.7 Å². The quantitative estimate of drug-likeness (QED) is 0.874. The Morgan fingerprint density at radius 1 is 1.38 bits per heavy atom. The van der Waals surface area contributed by atoms with Crippen LogP contribution < -0.4 is 10.5 Å². The van der Waals surface area contributed by atoms with Gasteiger partial charge in [0.15, 0.2) is 0 Å². The minimum Gasteiger partial charge on any atom is -0.496 e. The SMILES string of the molecule is COc1cc(-c2cc(N)on2)c(Cl)cc1C. The summed E-state index contributed by atoms with van der Waals surface area (Å²) in [5.74, 6) is 1.01. The molecule has 0 aliphatic heterocycles. The molecule has 2 N–H and O–H groups in total. The first-order valence-corrected chi connectivity index (χ1v) is 5.06. The van der Waals surface area contributed by atoms with Gasteiger partial charge in [0.05, 0.1) is 12.1 Å². The van der Waals surface area contributed by atoms with Gasteiger partial charge in [-0.15, -0.1) is 0 Å². The molecule has 0 saturated heterocycles. The monoisotopic (exact) mass is 238 g/mol. The van der Waals surface area contributed by atoms with Crippen LogP contribution in [0, 0.1) is 6.92 Å². The number of nitrogens with two attached hydrogens (primary N) is 1. The molecule has 4 nitrogen and oxygen atoms in total. The van der Waals surface area contributed by atoms with Gasteiger partial charge >= 0.3 is 0 Å². The second kappa shape index (κ2) is 4.06. The van der Waals surface area contributed by atoms with Crippen molar-refractivity contribution in [2.75, 3.05) is 12.8 Å². The second-order valence-corrected chi connectivity index (χ2v) is 3.82. The molecule has 0 bridgehead atoms. The minimum absolute atomic E-state index is 0.255. The number of aryl methyl sites for hydroxylation is 1. The van der Waals surface area contributed by atoms with Crippen molar-refractivity contribution >= 4 is 17.5 Å². The van der Waals surface area contributed by atoms with E-state index >= 15 is 0 Å². The molecule has 0 atom stereocenters. The summed E-state index contributed by atoms with van der Waals surface area (Å²) >= 11 is 6.12. The van der Waals surface area contributed by atoms with Gasteiger partial charge in [0, 0.05) is 11.6 Å². The first-order valence-electron chi connectivity index (χ1n) is 4.68. The van der Waals surface area contributed by atoms with Gasteiger partial charge in [-0.2, -0.15) is 0 Å². The number of hydrogen-bond acceptors (Lipinski definition) is 4. The van der Waals surface area contributed by atoms with Gasteiger partial charge in [0.1, 0.15) is 11.4 Å². The van der Waals surface area contributed by atoms with Crippen LogP contribution in [-0.4, -0.2) is 12.3 Å². The zero-order chi connectivity index (χ0) is 11.7. The molecule has 2 rings (SSSR count). The van der Waals surface area contributed by atoms with Crippen molar-refractivity contribution < 1.29 is 9.26 Å². The highest BCUT2D eigenvalue weighted by molar-refractivity contribution is 6.33. The van der Waals surface area contributed by atoms with Crippen LogP contribution in [0.15, 0.2) is 22.7 Å². The van der Waals surface area contributed by atoms with Gasteiger partial charge in [-0.1, -0.05) is 16.8 Å². The molecule has 0 radical (unpaired) electrons. The summed E-state index contributed by atoms with van der Waals surface area (Å²) in [6, 6.07) is 5.26. The number of nitrogens with zero attached hydrogens (tertiary/aromatic N) is 1. The lowest BCUT2D eigenvalue weighted by molar-refractivity contribution is 0.411. The molecule has 0 aliphatic carbocycles. The standard InChI is InChI=1S/C11H11ClN2O2/c1-6-3-8(12)7(4-10(6)15-2)9-5-11(13)16-14-9/h3-5H,13H2,1-2H3. The topological polar surface area (TPSA) is 61.3 Å². The third-order valence-electron chi connectivity index (χ3n) is 2.29. The fourth-order valence-electron chi connectivity index (χ4n) is 1.49. The Morgan fingerprint density at radius 2 is 2.12 bits per heavy atom. The van der Waals surface area contributed by atoms with Crippen LogP contribution in [0.5, 0.6) is 5.75 Å². The van der Waals surface area contributed by atoms with E-state index in [2.05, 4.69) is 5.16 Å². The maximum Gasteiger partial charge on any atom is 0.222 e. The van der Waals surface area contributed by atoms with Crippen molar-refractivity contribution in [3.05, 3.63) is 28.8 Å². The Kier molecular flexibility index (Phi) is 2.75. The predicted octanol–water partition coefficient (Wildman–Crippen LogP) is 2.89. The second-order valence-electron chi connectivity index (χ2n) is 3.42. The van der Waals surface area contributed by atoms with E-state index in [1.165, 1.54) is 0 Å². The molecule has 1 aromatic heterocycles. The van der Waals surface area contributed by atoms with Crippen LogP contribution in [0.2, 0.25) is 5.02 Å². The van der Waals surface area contributed by atoms with Gasteiger partial charge in [-0.05, 0) is 24.6 Å². The third kappa shape index (κ3) is 1.84. The number of anilines is 1. The lowest BCUT2D eigenvalue weighted by Gasteiger charge is -2.07. The molecule has 16 heavy (non-hydrogen) atoms. The Hall–Kier alpha value is -1.68. The van der Waals surface area contributed by atoms with Gasteiger partial charge in [0.2, 0.25) is 5.88 Å². The summed E-state index contributed by atoms with van der Waals surface area (Å²) in [6.07, 6.45) is 0. The van der Waals surface area contributed by atoms with Crippen LogP contribution in [0.1, 0.15) is 5.56 Å². The first kappa shape index (κ1) is 10.8. The molecule has 0 aliphatic rings. The Morgan fingerprint density at radius 3 is 2.69 bits per heavy atom. The zero-order valence-corrected chi connectivity index (χ0v) is 9.71. The fraction of sp³-hybridized carbons (Fsp3) is 0.182. The van der Waals surface area contributed by atoms with Crippen molar-refractivity contribution in [3.63, 3.8) is 0 Å². The highest BCUT2D eigenvalue weighted by atomic mass is 35.5. The molecule has 1 heterocycles. The summed E-state index contributed by atoms with van der Waals surface area (Å²) < 4.78 is 10.0. The molecule has 0 amide bonds. The normalized spacial score (nSPS) is 10.4. The van der Waals surface area contributed by atoms with Crippen molar-refractivity contribution in [2.45, 2.75) is 6.92 Å². The Bertz CT molecular complexity index is 523. The zero-order valence-electron chi connectivity index (χ0n) is 8.95. The van der Waals surface area contributed by atoms with Gasteiger partial charge < -0.3 is 15.0 Å². The van der Waals surface area contributed by atoms with E-state index < -0.39 is 0 Å². The third-order valence-corrected chi connectivity index (χ3v) is 2.60. The highest BCUT2D eigenvalue weighted by Gasteiger charge is 2.11. The lowest BCUT2D eigenvalue weighted by Crippen LogP contribution is -1.89. The van der Waals surface area contributed by atoms with Gasteiger partial charge in [0.25, 0.3) is 0 Å². The molecule has 0 spiro atoms. The average molecular weight is 239 g/mol. The molecular weight excluding hydrogens is 228 g/mol. The van der Waals surface area contributed by atoms with Crippen molar-refractivity contribution in [1.29, 1.82) is 0 Å². The molecule has 2 aromatic rings. The maximum atomic E-state index is 6.12. The number of benzene rings is 1. The summed E-state index contributed by atoms with van der Waals surface area (Å²) in [5.41, 5.74) is 7.77. The maximum absolute atomic E-state index is 6.12. The lowest BCUT2D eigenvalue weighted by atomic mass is 10.1. The van der Waals surface area contributed by atoms with Crippen LogP contribution >= 0.6 is 11.6 Å². The molecule has 5 heteroatoms. The minimum atomic E-state index is 0.255. The summed E-state index contributed by atoms with van der Waals surface area (Å²) in [7, 11) is 1.61. The van der Waals surface area contributed by atoms with E-state index in [4.69, 9.17) is 26.6 Å². The summed E-state index contributed by atoms with van der Waals surface area (Å²) in [4.78, 5) is 0. The van der Waals surface area contributed by atoms with Gasteiger partial charge in [-0.25, -0.2) is 0 Å². The first-order chi connectivity index (χ1) is 7.61. The van der Waals surface area contributed by atoms with Crippen molar-refractivity contribution in [3.8, 4) is 17.0 Å². The average Bonchev–Trinajstić information content (AvgIpc) is 2.65. The van der Waals surface area contributed by atoms with Crippen LogP contribution in [0.4, 0.5) is 5.88 Å². The number of ether oxygens (including phenoxy) is 1. The van der Waals surface area contributed by atoms with Crippen LogP contribution in [-0.2, 0) is 0 Å². The smallest absolute Gasteiger partial charge is 0.222 e. The molecular formula is C11H11ClN2O2. The highest BCUT2D eigenvalue weighted by Crippen LogP contribution is 2.33.